The molecule has 0 radical (unpaired) electrons. The molecule has 0 aromatic carbocycles. The van der Waals surface area contributed by atoms with Gasteiger partial charge in [-0.15, -0.1) is 0 Å². The second-order valence-corrected chi connectivity index (χ2v) is 15.6. The van der Waals surface area contributed by atoms with E-state index in [1.165, 1.54) is 70.6 Å². The first-order chi connectivity index (χ1) is 28.5. The Morgan fingerprint density at radius 2 is 0.690 bits per heavy atom. The van der Waals surface area contributed by atoms with Crippen molar-refractivity contribution in [3.8, 4) is 0 Å². The minimum Gasteiger partial charge on any atom is -0.462 e. The zero-order valence-corrected chi connectivity index (χ0v) is 37.8. The summed E-state index contributed by atoms with van der Waals surface area (Å²) in [5, 5.41) is 0. The van der Waals surface area contributed by atoms with E-state index >= 15 is 0 Å². The monoisotopic (exact) mass is 809 g/mol. The fourth-order valence-electron chi connectivity index (χ4n) is 6.33. The third-order valence-electron chi connectivity index (χ3n) is 9.95. The molecule has 0 aliphatic rings. The molecule has 0 spiro atoms. The van der Waals surface area contributed by atoms with Gasteiger partial charge in [0.15, 0.2) is 6.10 Å². The van der Waals surface area contributed by atoms with Crippen molar-refractivity contribution in [3.63, 3.8) is 0 Å². The topological polar surface area (TPSA) is 78.9 Å². The van der Waals surface area contributed by atoms with Gasteiger partial charge in [-0.05, 0) is 83.5 Å². The predicted octanol–water partition coefficient (Wildman–Crippen LogP) is 15.5. The Hall–Kier alpha value is -3.15. The Morgan fingerprint density at radius 3 is 1.12 bits per heavy atom. The second kappa shape index (κ2) is 46.5. The van der Waals surface area contributed by atoms with Crippen molar-refractivity contribution in [2.75, 3.05) is 13.2 Å². The van der Waals surface area contributed by atoms with Crippen LogP contribution in [0.2, 0.25) is 0 Å². The van der Waals surface area contributed by atoms with Gasteiger partial charge in [0.2, 0.25) is 0 Å². The van der Waals surface area contributed by atoms with Crippen molar-refractivity contribution < 1.29 is 28.6 Å². The highest BCUT2D eigenvalue weighted by Crippen LogP contribution is 2.13. The van der Waals surface area contributed by atoms with Crippen LogP contribution in [-0.2, 0) is 28.6 Å². The van der Waals surface area contributed by atoms with Gasteiger partial charge in [-0.3, -0.25) is 14.4 Å². The number of unbranched alkanes of at least 4 members (excludes halogenated alkanes) is 19. The summed E-state index contributed by atoms with van der Waals surface area (Å²) < 4.78 is 16.6. The normalized spacial score (nSPS) is 12.7. The lowest BCUT2D eigenvalue weighted by Gasteiger charge is -2.18. The minimum atomic E-state index is -0.779. The predicted molar refractivity (Wildman–Crippen MR) is 247 cm³/mol. The molecule has 0 aromatic heterocycles. The van der Waals surface area contributed by atoms with Gasteiger partial charge in [0.1, 0.15) is 13.2 Å². The van der Waals surface area contributed by atoms with Gasteiger partial charge in [-0.25, -0.2) is 0 Å². The van der Waals surface area contributed by atoms with E-state index in [0.29, 0.717) is 19.3 Å². The van der Waals surface area contributed by atoms with E-state index in [1.807, 2.05) is 0 Å². The van der Waals surface area contributed by atoms with Gasteiger partial charge in [0, 0.05) is 19.3 Å². The van der Waals surface area contributed by atoms with Crippen LogP contribution in [0.15, 0.2) is 72.9 Å². The van der Waals surface area contributed by atoms with Crippen LogP contribution in [-0.4, -0.2) is 37.2 Å². The van der Waals surface area contributed by atoms with Gasteiger partial charge >= 0.3 is 17.9 Å². The first kappa shape index (κ1) is 54.9. The van der Waals surface area contributed by atoms with Crippen molar-refractivity contribution in [1.82, 2.24) is 0 Å². The second-order valence-electron chi connectivity index (χ2n) is 15.6. The summed E-state index contributed by atoms with van der Waals surface area (Å²) in [6.45, 7) is 6.39. The molecular formula is C52H88O6. The Labute approximate surface area is 357 Å². The van der Waals surface area contributed by atoms with Gasteiger partial charge in [0.05, 0.1) is 0 Å². The number of carbonyl (C=O) groups is 3. The summed E-state index contributed by atoms with van der Waals surface area (Å²) in [6.07, 6.45) is 57.7. The standard InChI is InChI=1S/C52H88O6/c1-4-7-10-13-16-18-20-21-22-23-24-25-26-27-28-29-30-31-33-34-36-39-42-45-51(54)57-48-49(47-56-50(53)44-41-38-15-12-9-6-3)58-52(55)46-43-40-37-35-32-19-17-14-11-8-5-2/h7,10,14,16-18,21-22,24-25,27-28,49H,4-6,8-9,11-13,15,19-20,23,26,29-48H2,1-3H3/b10-7-,17-14-,18-16-,22-21-,25-24-,28-27-. The van der Waals surface area contributed by atoms with Crippen molar-refractivity contribution in [3.05, 3.63) is 72.9 Å². The molecular weight excluding hydrogens is 721 g/mol. The molecule has 0 aliphatic heterocycles. The summed E-state index contributed by atoms with van der Waals surface area (Å²) in [5.41, 5.74) is 0. The Bertz CT molecular complexity index is 1110. The zero-order chi connectivity index (χ0) is 42.3. The number of hydrogen-bond acceptors (Lipinski definition) is 6. The van der Waals surface area contributed by atoms with Crippen molar-refractivity contribution >= 4 is 17.9 Å². The van der Waals surface area contributed by atoms with Crippen LogP contribution in [0.4, 0.5) is 0 Å². The summed E-state index contributed by atoms with van der Waals surface area (Å²) >= 11 is 0. The van der Waals surface area contributed by atoms with Gasteiger partial charge in [-0.2, -0.15) is 0 Å². The lowest BCUT2D eigenvalue weighted by molar-refractivity contribution is -0.167. The lowest BCUT2D eigenvalue weighted by atomic mass is 10.1. The van der Waals surface area contributed by atoms with E-state index in [1.54, 1.807) is 0 Å². The molecule has 0 amide bonds. The summed E-state index contributed by atoms with van der Waals surface area (Å²) in [4.78, 5) is 37.6. The van der Waals surface area contributed by atoms with Gasteiger partial charge in [-0.1, -0.05) is 190 Å². The largest absolute Gasteiger partial charge is 0.462 e. The molecule has 0 heterocycles. The van der Waals surface area contributed by atoms with Crippen LogP contribution in [0.1, 0.15) is 220 Å². The molecule has 0 saturated heterocycles. The van der Waals surface area contributed by atoms with Crippen LogP contribution in [0.3, 0.4) is 0 Å². The molecule has 0 aliphatic carbocycles. The van der Waals surface area contributed by atoms with E-state index in [9.17, 15) is 14.4 Å². The number of hydrogen-bond donors (Lipinski definition) is 0. The van der Waals surface area contributed by atoms with Gasteiger partial charge < -0.3 is 14.2 Å². The Kier molecular flexibility index (Phi) is 44.0. The zero-order valence-electron chi connectivity index (χ0n) is 37.8. The highest BCUT2D eigenvalue weighted by molar-refractivity contribution is 5.71. The van der Waals surface area contributed by atoms with E-state index in [4.69, 9.17) is 14.2 Å². The van der Waals surface area contributed by atoms with Crippen molar-refractivity contribution in [2.24, 2.45) is 0 Å². The molecule has 0 bridgehead atoms. The van der Waals surface area contributed by atoms with Crippen LogP contribution >= 0.6 is 0 Å². The highest BCUT2D eigenvalue weighted by Gasteiger charge is 2.19. The van der Waals surface area contributed by atoms with Crippen LogP contribution in [0, 0.1) is 0 Å². The van der Waals surface area contributed by atoms with E-state index in [-0.39, 0.29) is 31.1 Å². The molecule has 0 fully saturated rings. The highest BCUT2D eigenvalue weighted by atomic mass is 16.6. The summed E-state index contributed by atoms with van der Waals surface area (Å²) in [7, 11) is 0. The molecule has 0 rings (SSSR count). The molecule has 1 unspecified atom stereocenters. The third-order valence-corrected chi connectivity index (χ3v) is 9.95. The summed E-state index contributed by atoms with van der Waals surface area (Å²) in [6, 6.07) is 0. The fourth-order valence-corrected chi connectivity index (χ4v) is 6.33. The molecule has 332 valence electrons. The molecule has 0 N–H and O–H groups in total. The number of esters is 3. The number of rotatable bonds is 42. The molecule has 6 nitrogen and oxygen atoms in total. The first-order valence-corrected chi connectivity index (χ1v) is 23.9. The molecule has 0 saturated carbocycles. The van der Waals surface area contributed by atoms with Crippen LogP contribution in [0.5, 0.6) is 0 Å². The Morgan fingerprint density at radius 1 is 0.362 bits per heavy atom. The molecule has 0 aromatic rings. The SMILES string of the molecule is CC/C=C\C/C=C\C/C=C\C/C=C\C/C=C\CCCCCCCCCC(=O)OCC(COC(=O)CCCCCCCC)OC(=O)CCCCCCC/C=C\CCCC. The van der Waals surface area contributed by atoms with Crippen molar-refractivity contribution in [2.45, 2.75) is 226 Å². The summed E-state index contributed by atoms with van der Waals surface area (Å²) in [5.74, 6) is -0.918. The van der Waals surface area contributed by atoms with Crippen molar-refractivity contribution in [1.29, 1.82) is 0 Å². The fraction of sp³-hybridized carbons (Fsp3) is 0.712. The van der Waals surface area contributed by atoms with Gasteiger partial charge in [0.25, 0.3) is 0 Å². The van der Waals surface area contributed by atoms with Crippen LogP contribution in [0.25, 0.3) is 0 Å². The molecule has 6 heteroatoms. The number of allylic oxidation sites excluding steroid dienone is 12. The Balaban J connectivity index is 4.20. The average Bonchev–Trinajstić information content (AvgIpc) is 3.22. The molecule has 1 atom stereocenters. The first-order valence-electron chi connectivity index (χ1n) is 23.9. The van der Waals surface area contributed by atoms with E-state index in [2.05, 4.69) is 93.7 Å². The maximum atomic E-state index is 12.7. The number of carbonyl (C=O) groups excluding carboxylic acids is 3. The average molecular weight is 809 g/mol. The molecule has 58 heavy (non-hydrogen) atoms. The van der Waals surface area contributed by atoms with Crippen LogP contribution < -0.4 is 0 Å². The quantitative estimate of drug-likeness (QED) is 0.0264. The number of ether oxygens (including phenoxy) is 3. The maximum absolute atomic E-state index is 12.7. The third kappa shape index (κ3) is 44.0. The van der Waals surface area contributed by atoms with E-state index < -0.39 is 6.10 Å². The smallest absolute Gasteiger partial charge is 0.306 e. The lowest BCUT2D eigenvalue weighted by Crippen LogP contribution is -2.30. The maximum Gasteiger partial charge on any atom is 0.306 e. The van der Waals surface area contributed by atoms with E-state index in [0.717, 1.165) is 109 Å². The minimum absolute atomic E-state index is 0.0828.